The molecule has 1 saturated heterocycles. The Morgan fingerprint density at radius 1 is 1.07 bits per heavy atom. The molecule has 1 fully saturated rings. The molecule has 1 aliphatic rings. The van der Waals surface area contributed by atoms with Crippen molar-refractivity contribution in [3.63, 3.8) is 0 Å². The Hall–Kier alpha value is -3.75. The van der Waals surface area contributed by atoms with Crippen molar-refractivity contribution in [2.75, 3.05) is 13.1 Å². The van der Waals surface area contributed by atoms with Crippen LogP contribution in [0, 0.1) is 5.82 Å². The van der Waals surface area contributed by atoms with Crippen molar-refractivity contribution in [1.82, 2.24) is 29.6 Å². The minimum atomic E-state index is -0.450. The van der Waals surface area contributed by atoms with Gasteiger partial charge in [0, 0.05) is 19.0 Å². The molecule has 1 aliphatic heterocycles. The number of carbonyl (C=O) groups excluding carboxylic acids is 1. The second kappa shape index (κ2) is 7.25. The fourth-order valence-corrected chi connectivity index (χ4v) is 3.87. The van der Waals surface area contributed by atoms with Gasteiger partial charge in [0.2, 0.25) is 5.82 Å². The smallest absolute Gasteiger partial charge is 0.342 e. The molecule has 5 rings (SSSR count). The number of nitrogens with one attached hydrogen (secondary N) is 2. The van der Waals surface area contributed by atoms with Crippen molar-refractivity contribution in [2.45, 2.75) is 18.8 Å². The normalized spacial score (nSPS) is 15.0. The number of aromatic nitrogens is 5. The molecular formula is C21H19FN6O2. The summed E-state index contributed by atoms with van der Waals surface area (Å²) in [7, 11) is 0. The van der Waals surface area contributed by atoms with E-state index >= 15 is 0 Å². The highest BCUT2D eigenvalue weighted by molar-refractivity contribution is 5.90. The number of aromatic amines is 2. The molecule has 2 aromatic carbocycles. The number of benzene rings is 2. The molecule has 152 valence electrons. The number of hydrogen-bond acceptors (Lipinski definition) is 4. The van der Waals surface area contributed by atoms with Gasteiger partial charge in [0.25, 0.3) is 5.91 Å². The van der Waals surface area contributed by atoms with E-state index in [0.29, 0.717) is 24.3 Å². The number of halogens is 1. The zero-order valence-corrected chi connectivity index (χ0v) is 16.0. The maximum atomic E-state index is 13.4. The van der Waals surface area contributed by atoms with Crippen LogP contribution in [0.4, 0.5) is 4.39 Å². The summed E-state index contributed by atoms with van der Waals surface area (Å²) in [6.45, 7) is 1.05. The van der Waals surface area contributed by atoms with E-state index in [-0.39, 0.29) is 23.5 Å². The highest BCUT2D eigenvalue weighted by Crippen LogP contribution is 2.28. The van der Waals surface area contributed by atoms with Crippen molar-refractivity contribution in [1.29, 1.82) is 0 Å². The van der Waals surface area contributed by atoms with Crippen LogP contribution in [-0.4, -0.2) is 48.6 Å². The number of hydrogen-bond donors (Lipinski definition) is 2. The van der Waals surface area contributed by atoms with Crippen LogP contribution in [0.1, 0.15) is 35.2 Å². The second-order valence-electron chi connectivity index (χ2n) is 7.38. The average molecular weight is 406 g/mol. The molecule has 0 atom stereocenters. The lowest BCUT2D eigenvalue weighted by Crippen LogP contribution is -2.38. The number of amides is 1. The molecule has 4 aromatic rings. The standard InChI is InChI=1S/C21H19FN6O2/c22-14-6-7-16-17(12-14)24-18(23-16)13-8-10-27(11-9-13)20(29)19-25-21(30)28(26-19)15-4-2-1-3-5-15/h1-7,12-13H,8-11H2,(H,23,24)(H,25,26,30). The van der Waals surface area contributed by atoms with Crippen LogP contribution in [0.5, 0.6) is 0 Å². The quantitative estimate of drug-likeness (QED) is 0.546. The lowest BCUT2D eigenvalue weighted by Gasteiger charge is -2.30. The van der Waals surface area contributed by atoms with Gasteiger partial charge in [-0.2, -0.15) is 4.68 Å². The maximum absolute atomic E-state index is 13.4. The van der Waals surface area contributed by atoms with Crippen LogP contribution < -0.4 is 5.69 Å². The second-order valence-corrected chi connectivity index (χ2v) is 7.38. The first kappa shape index (κ1) is 18.3. The van der Waals surface area contributed by atoms with Gasteiger partial charge in [-0.15, -0.1) is 5.10 Å². The first-order chi connectivity index (χ1) is 14.6. The number of para-hydroxylation sites is 1. The first-order valence-corrected chi connectivity index (χ1v) is 9.78. The molecule has 3 heterocycles. The van der Waals surface area contributed by atoms with Gasteiger partial charge in [-0.05, 0) is 43.2 Å². The number of fused-ring (bicyclic) bond motifs is 1. The van der Waals surface area contributed by atoms with Crippen molar-refractivity contribution >= 4 is 16.9 Å². The van der Waals surface area contributed by atoms with E-state index in [2.05, 4.69) is 20.1 Å². The molecule has 2 aromatic heterocycles. The Labute approximate surface area is 170 Å². The molecule has 0 unspecified atom stereocenters. The van der Waals surface area contributed by atoms with Gasteiger partial charge in [-0.25, -0.2) is 14.2 Å². The van der Waals surface area contributed by atoms with E-state index in [1.807, 2.05) is 6.07 Å². The molecule has 0 radical (unpaired) electrons. The fourth-order valence-electron chi connectivity index (χ4n) is 3.87. The van der Waals surface area contributed by atoms with E-state index in [9.17, 15) is 14.0 Å². The minimum absolute atomic E-state index is 0.0292. The third-order valence-electron chi connectivity index (χ3n) is 5.45. The van der Waals surface area contributed by atoms with E-state index in [1.165, 1.54) is 16.8 Å². The summed E-state index contributed by atoms with van der Waals surface area (Å²) in [5, 5.41) is 4.17. The predicted octanol–water partition coefficient (Wildman–Crippen LogP) is 2.60. The lowest BCUT2D eigenvalue weighted by molar-refractivity contribution is 0.0699. The SMILES string of the molecule is O=C(c1nn(-c2ccccc2)c(=O)[nH]1)N1CCC(c2nc3ccc(F)cc3[nH]2)CC1. The average Bonchev–Trinajstić information content (AvgIpc) is 3.37. The number of likely N-dealkylation sites (tertiary alicyclic amines) is 1. The van der Waals surface area contributed by atoms with Crippen LogP contribution in [0.15, 0.2) is 53.3 Å². The number of H-pyrrole nitrogens is 2. The van der Waals surface area contributed by atoms with E-state index < -0.39 is 5.69 Å². The summed E-state index contributed by atoms with van der Waals surface area (Å²) < 4.78 is 14.6. The van der Waals surface area contributed by atoms with E-state index in [1.54, 1.807) is 35.2 Å². The lowest BCUT2D eigenvalue weighted by atomic mass is 9.96. The molecule has 0 bridgehead atoms. The third-order valence-corrected chi connectivity index (χ3v) is 5.45. The molecule has 8 nitrogen and oxygen atoms in total. The summed E-state index contributed by atoms with van der Waals surface area (Å²) in [4.78, 5) is 37.0. The van der Waals surface area contributed by atoms with E-state index in [4.69, 9.17) is 0 Å². The Morgan fingerprint density at radius 2 is 1.83 bits per heavy atom. The number of imidazole rings is 1. The Balaban J connectivity index is 1.29. The molecule has 0 spiro atoms. The molecule has 1 amide bonds. The zero-order valence-electron chi connectivity index (χ0n) is 16.0. The number of nitrogens with zero attached hydrogens (tertiary/aromatic N) is 4. The molecule has 9 heteroatoms. The van der Waals surface area contributed by atoms with Gasteiger partial charge >= 0.3 is 5.69 Å². The minimum Gasteiger partial charge on any atom is -0.342 e. The van der Waals surface area contributed by atoms with Crippen molar-refractivity contribution < 1.29 is 9.18 Å². The van der Waals surface area contributed by atoms with Gasteiger partial charge in [-0.3, -0.25) is 9.78 Å². The number of carbonyl (C=O) groups is 1. The summed E-state index contributed by atoms with van der Waals surface area (Å²) in [6, 6.07) is 13.4. The molecule has 2 N–H and O–H groups in total. The predicted molar refractivity (Wildman–Crippen MR) is 108 cm³/mol. The van der Waals surface area contributed by atoms with Gasteiger partial charge < -0.3 is 9.88 Å². The number of rotatable bonds is 3. The van der Waals surface area contributed by atoms with Crippen molar-refractivity contribution in [3.05, 3.63) is 76.5 Å². The van der Waals surface area contributed by atoms with Crippen LogP contribution in [0.2, 0.25) is 0 Å². The first-order valence-electron chi connectivity index (χ1n) is 9.78. The summed E-state index contributed by atoms with van der Waals surface area (Å²) in [5.74, 6) is 0.394. The van der Waals surface area contributed by atoms with Crippen molar-refractivity contribution in [2.24, 2.45) is 0 Å². The Morgan fingerprint density at radius 3 is 2.60 bits per heavy atom. The van der Waals surface area contributed by atoms with Crippen LogP contribution >= 0.6 is 0 Å². The van der Waals surface area contributed by atoms with Crippen LogP contribution in [0.3, 0.4) is 0 Å². The third kappa shape index (κ3) is 3.28. The van der Waals surface area contributed by atoms with E-state index in [0.717, 1.165) is 24.2 Å². The zero-order chi connectivity index (χ0) is 20.7. The van der Waals surface area contributed by atoms with Gasteiger partial charge in [0.05, 0.1) is 16.7 Å². The Kier molecular flexibility index (Phi) is 4.42. The van der Waals surface area contributed by atoms with Crippen molar-refractivity contribution in [3.8, 4) is 5.69 Å². The number of piperidine rings is 1. The summed E-state index contributed by atoms with van der Waals surface area (Å²) >= 11 is 0. The molecule has 0 aliphatic carbocycles. The fraction of sp³-hybridized carbons (Fsp3) is 0.238. The van der Waals surface area contributed by atoms with Gasteiger partial charge in [0.1, 0.15) is 11.6 Å². The topological polar surface area (TPSA) is 99.7 Å². The Bertz CT molecular complexity index is 1270. The molecule has 30 heavy (non-hydrogen) atoms. The van der Waals surface area contributed by atoms with Crippen LogP contribution in [-0.2, 0) is 0 Å². The largest absolute Gasteiger partial charge is 0.348 e. The molecular weight excluding hydrogens is 387 g/mol. The monoisotopic (exact) mass is 406 g/mol. The summed E-state index contributed by atoms with van der Waals surface area (Å²) in [6.07, 6.45) is 1.44. The highest BCUT2D eigenvalue weighted by atomic mass is 19.1. The maximum Gasteiger partial charge on any atom is 0.348 e. The highest BCUT2D eigenvalue weighted by Gasteiger charge is 2.28. The summed E-state index contributed by atoms with van der Waals surface area (Å²) in [5.41, 5.74) is 1.55. The van der Waals surface area contributed by atoms with Crippen LogP contribution in [0.25, 0.3) is 16.7 Å². The molecule has 0 saturated carbocycles. The van der Waals surface area contributed by atoms with Gasteiger partial charge in [-0.1, -0.05) is 18.2 Å². The van der Waals surface area contributed by atoms with Gasteiger partial charge in [0.15, 0.2) is 0 Å².